The summed E-state index contributed by atoms with van der Waals surface area (Å²) in [6.45, 7) is 0.0198. The van der Waals surface area contributed by atoms with Crippen molar-refractivity contribution in [2.45, 2.75) is 6.54 Å². The molecule has 2 aromatic carbocycles. The Hall–Kier alpha value is -4.65. The third kappa shape index (κ3) is 5.93. The van der Waals surface area contributed by atoms with Gasteiger partial charge in [0, 0.05) is 26.0 Å². The number of anilines is 2. The van der Waals surface area contributed by atoms with Gasteiger partial charge in [0.2, 0.25) is 5.91 Å². The largest absolute Gasteiger partial charge is 0.457 e. The summed E-state index contributed by atoms with van der Waals surface area (Å²) >= 11 is 0. The Balaban J connectivity index is 1.52. The van der Waals surface area contributed by atoms with Crippen molar-refractivity contribution in [3.63, 3.8) is 0 Å². The van der Waals surface area contributed by atoms with E-state index in [1.165, 1.54) is 22.0 Å². The minimum atomic E-state index is -0.874. The summed E-state index contributed by atoms with van der Waals surface area (Å²) in [5.74, 6) is -0.801. The van der Waals surface area contributed by atoms with Crippen molar-refractivity contribution in [2.24, 2.45) is 0 Å². The maximum Gasteiger partial charge on any atom is 0.314 e. The van der Waals surface area contributed by atoms with Gasteiger partial charge >= 0.3 is 11.8 Å². The summed E-state index contributed by atoms with van der Waals surface area (Å²) in [6.07, 6.45) is 2.81. The zero-order valence-corrected chi connectivity index (χ0v) is 17.4. The molecule has 1 aromatic heterocycles. The highest BCUT2D eigenvalue weighted by Gasteiger charge is 2.15. The number of carbonyl (C=O) groups is 3. The number of nitrogens with zero attached hydrogens (tertiary/aromatic N) is 4. The molecule has 162 valence electrons. The lowest BCUT2D eigenvalue weighted by Crippen LogP contribution is -2.29. The van der Waals surface area contributed by atoms with Crippen LogP contribution in [0.5, 0.6) is 11.5 Å². The third-order valence-electron chi connectivity index (χ3n) is 4.22. The highest BCUT2D eigenvalue weighted by atomic mass is 16.5. The molecule has 0 atom stereocenters. The minimum Gasteiger partial charge on any atom is -0.457 e. The first-order valence-electron chi connectivity index (χ1n) is 9.47. The molecule has 2 N–H and O–H groups in total. The van der Waals surface area contributed by atoms with Crippen molar-refractivity contribution in [1.29, 1.82) is 5.26 Å². The molecule has 0 spiro atoms. The number of nitrogens with one attached hydrogen (secondary N) is 2. The fourth-order valence-electron chi connectivity index (χ4n) is 2.51. The van der Waals surface area contributed by atoms with Gasteiger partial charge in [0.05, 0.1) is 23.5 Å². The van der Waals surface area contributed by atoms with Crippen LogP contribution in [0.3, 0.4) is 0 Å². The van der Waals surface area contributed by atoms with E-state index in [-0.39, 0.29) is 12.5 Å². The highest BCUT2D eigenvalue weighted by Crippen LogP contribution is 2.23. The second kappa shape index (κ2) is 9.90. The van der Waals surface area contributed by atoms with E-state index in [1.807, 2.05) is 6.07 Å². The van der Waals surface area contributed by atoms with Crippen molar-refractivity contribution in [3.8, 4) is 17.6 Å². The third-order valence-corrected chi connectivity index (χ3v) is 4.22. The number of ether oxygens (including phenoxy) is 1. The zero-order valence-electron chi connectivity index (χ0n) is 17.4. The molecule has 1 heterocycles. The number of hydrogen-bond donors (Lipinski definition) is 2. The maximum atomic E-state index is 12.2. The number of nitriles is 1. The first-order valence-corrected chi connectivity index (χ1v) is 9.47. The Morgan fingerprint density at radius 1 is 0.969 bits per heavy atom. The van der Waals surface area contributed by atoms with Crippen LogP contribution in [0.4, 0.5) is 11.4 Å². The van der Waals surface area contributed by atoms with Gasteiger partial charge in [0.25, 0.3) is 0 Å². The SMILES string of the molecule is CN(C)C(=O)Cn1cc(NC(=O)C(=O)Nc2ccc(Oc3ccc(C#N)cc3)cc2)cn1. The quantitative estimate of drug-likeness (QED) is 0.575. The molecule has 0 aliphatic carbocycles. The van der Waals surface area contributed by atoms with Crippen molar-refractivity contribution in [3.05, 3.63) is 66.5 Å². The Kier molecular flexibility index (Phi) is 6.82. The molecule has 0 radical (unpaired) electrons. The molecular formula is C22H20N6O4. The zero-order chi connectivity index (χ0) is 23.1. The average molecular weight is 432 g/mol. The molecule has 0 aliphatic rings. The summed E-state index contributed by atoms with van der Waals surface area (Å²) in [4.78, 5) is 37.4. The first-order chi connectivity index (χ1) is 15.3. The second-order valence-electron chi connectivity index (χ2n) is 6.89. The van der Waals surface area contributed by atoms with E-state index in [9.17, 15) is 14.4 Å². The van der Waals surface area contributed by atoms with Crippen LogP contribution in [0.2, 0.25) is 0 Å². The predicted octanol–water partition coefficient (Wildman–Crippen LogP) is 2.21. The lowest BCUT2D eigenvalue weighted by molar-refractivity contribution is -0.133. The molecule has 3 amide bonds. The number of aromatic nitrogens is 2. The van der Waals surface area contributed by atoms with Crippen molar-refractivity contribution in [1.82, 2.24) is 14.7 Å². The lowest BCUT2D eigenvalue weighted by Gasteiger charge is -2.09. The van der Waals surface area contributed by atoms with Crippen LogP contribution >= 0.6 is 0 Å². The molecule has 0 fully saturated rings. The monoisotopic (exact) mass is 432 g/mol. The van der Waals surface area contributed by atoms with Crippen LogP contribution < -0.4 is 15.4 Å². The standard InChI is InChI=1S/C22H20N6O4/c1-27(2)20(29)14-28-13-17(12-24-28)26-22(31)21(30)25-16-5-9-19(10-6-16)32-18-7-3-15(11-23)4-8-18/h3-10,12-13H,14H2,1-2H3,(H,25,30)(H,26,31). The summed E-state index contributed by atoms with van der Waals surface area (Å²) < 4.78 is 7.03. The van der Waals surface area contributed by atoms with Gasteiger partial charge in [-0.2, -0.15) is 10.4 Å². The van der Waals surface area contributed by atoms with Gasteiger partial charge < -0.3 is 20.3 Å². The second-order valence-corrected chi connectivity index (χ2v) is 6.89. The van der Waals surface area contributed by atoms with Crippen LogP contribution in [0.25, 0.3) is 0 Å². The lowest BCUT2D eigenvalue weighted by atomic mass is 10.2. The predicted molar refractivity (Wildman–Crippen MR) is 116 cm³/mol. The smallest absolute Gasteiger partial charge is 0.314 e. The number of amides is 3. The van der Waals surface area contributed by atoms with Gasteiger partial charge in [0.1, 0.15) is 18.0 Å². The van der Waals surface area contributed by atoms with Gasteiger partial charge in [-0.05, 0) is 48.5 Å². The van der Waals surface area contributed by atoms with Gasteiger partial charge in [-0.1, -0.05) is 0 Å². The topological polar surface area (TPSA) is 129 Å². The van der Waals surface area contributed by atoms with Crippen LogP contribution in [0, 0.1) is 11.3 Å². The van der Waals surface area contributed by atoms with Crippen LogP contribution in [0.1, 0.15) is 5.56 Å². The van der Waals surface area contributed by atoms with E-state index < -0.39 is 11.8 Å². The number of rotatable bonds is 6. The molecule has 0 unspecified atom stereocenters. The van der Waals surface area contributed by atoms with Gasteiger partial charge in [0.15, 0.2) is 0 Å². The van der Waals surface area contributed by atoms with E-state index in [2.05, 4.69) is 15.7 Å². The minimum absolute atomic E-state index is 0.0198. The molecule has 10 nitrogen and oxygen atoms in total. The number of carbonyl (C=O) groups excluding carboxylic acids is 3. The van der Waals surface area contributed by atoms with Crippen LogP contribution in [-0.2, 0) is 20.9 Å². The average Bonchev–Trinajstić information content (AvgIpc) is 3.22. The number of likely N-dealkylation sites (N-methyl/N-ethyl adjacent to an activating group) is 1. The van der Waals surface area contributed by atoms with E-state index in [0.717, 1.165) is 0 Å². The Morgan fingerprint density at radius 3 is 2.09 bits per heavy atom. The normalized spacial score (nSPS) is 10.0. The number of benzene rings is 2. The van der Waals surface area contributed by atoms with Crippen molar-refractivity contribution >= 4 is 29.1 Å². The Labute approximate surface area is 184 Å². The molecule has 0 saturated carbocycles. The van der Waals surface area contributed by atoms with Gasteiger partial charge in [-0.25, -0.2) is 0 Å². The molecule has 0 bridgehead atoms. The van der Waals surface area contributed by atoms with Gasteiger partial charge in [-0.15, -0.1) is 0 Å². The van der Waals surface area contributed by atoms with E-state index in [0.29, 0.717) is 28.4 Å². The van der Waals surface area contributed by atoms with E-state index in [4.69, 9.17) is 10.00 Å². The summed E-state index contributed by atoms with van der Waals surface area (Å²) in [7, 11) is 3.26. The fraction of sp³-hybridized carbons (Fsp3) is 0.136. The molecule has 3 aromatic rings. The molecule has 32 heavy (non-hydrogen) atoms. The van der Waals surface area contributed by atoms with E-state index >= 15 is 0 Å². The van der Waals surface area contributed by atoms with Crippen LogP contribution in [0.15, 0.2) is 60.9 Å². The highest BCUT2D eigenvalue weighted by molar-refractivity contribution is 6.43. The molecular weight excluding hydrogens is 412 g/mol. The first kappa shape index (κ1) is 22.0. The van der Waals surface area contributed by atoms with Crippen molar-refractivity contribution in [2.75, 3.05) is 24.7 Å². The van der Waals surface area contributed by atoms with Gasteiger partial charge in [-0.3, -0.25) is 19.1 Å². The molecule has 0 saturated heterocycles. The maximum absolute atomic E-state index is 12.2. The number of hydrogen-bond acceptors (Lipinski definition) is 6. The van der Waals surface area contributed by atoms with E-state index in [1.54, 1.807) is 62.6 Å². The van der Waals surface area contributed by atoms with Crippen LogP contribution in [-0.4, -0.2) is 46.5 Å². The molecule has 3 rings (SSSR count). The molecule has 10 heteroatoms. The Bertz CT molecular complexity index is 1160. The summed E-state index contributed by atoms with van der Waals surface area (Å²) in [5.41, 5.74) is 1.23. The fourth-order valence-corrected chi connectivity index (χ4v) is 2.51. The summed E-state index contributed by atoms with van der Waals surface area (Å²) in [6, 6.07) is 15.1. The Morgan fingerprint density at radius 2 is 1.53 bits per heavy atom. The summed E-state index contributed by atoms with van der Waals surface area (Å²) in [5, 5.41) is 17.7. The van der Waals surface area contributed by atoms with Crippen molar-refractivity contribution < 1.29 is 19.1 Å². The molecule has 0 aliphatic heterocycles.